The van der Waals surface area contributed by atoms with Gasteiger partial charge in [-0.2, -0.15) is 10.2 Å². The van der Waals surface area contributed by atoms with Crippen molar-refractivity contribution in [2.75, 3.05) is 11.4 Å². The molecule has 2 N–H and O–H groups in total. The van der Waals surface area contributed by atoms with E-state index in [9.17, 15) is 5.11 Å². The van der Waals surface area contributed by atoms with Crippen molar-refractivity contribution in [2.24, 2.45) is 0 Å². The Morgan fingerprint density at radius 3 is 2.82 bits per heavy atom. The monoisotopic (exact) mass is 446 g/mol. The summed E-state index contributed by atoms with van der Waals surface area (Å²) in [6.45, 7) is 0.809. The number of hydrogen-bond donors (Lipinski definition) is 2. The molecule has 170 valence electrons. The summed E-state index contributed by atoms with van der Waals surface area (Å²) in [6.07, 6.45) is 6.50. The quantitative estimate of drug-likeness (QED) is 0.635. The lowest BCUT2D eigenvalue weighted by atomic mass is 9.81. The molecule has 1 aromatic carbocycles. The number of hydrogen-bond acceptors (Lipinski definition) is 7. The molecule has 3 aliphatic rings. The summed E-state index contributed by atoms with van der Waals surface area (Å²) >= 11 is 0. The maximum Gasteiger partial charge on any atom is 0.154 e. The van der Waals surface area contributed by atoms with E-state index < -0.39 is 6.17 Å². The van der Waals surface area contributed by atoms with Crippen molar-refractivity contribution in [1.29, 1.82) is 0 Å². The molecule has 8 heteroatoms. The van der Waals surface area contributed by atoms with E-state index in [4.69, 9.17) is 0 Å². The molecule has 2 bridgehead atoms. The van der Waals surface area contributed by atoms with Crippen molar-refractivity contribution < 1.29 is 9.50 Å². The molecule has 4 atom stereocenters. The number of anilines is 1. The number of phenolic OH excluding ortho intramolecular Hbond substituents is 1. The van der Waals surface area contributed by atoms with E-state index in [1.54, 1.807) is 12.3 Å². The van der Waals surface area contributed by atoms with Gasteiger partial charge in [0, 0.05) is 36.0 Å². The van der Waals surface area contributed by atoms with E-state index >= 15 is 4.39 Å². The van der Waals surface area contributed by atoms with Crippen LogP contribution in [0.4, 0.5) is 10.2 Å². The van der Waals surface area contributed by atoms with Crippen LogP contribution in [0.2, 0.25) is 0 Å². The van der Waals surface area contributed by atoms with Crippen LogP contribution in [0.5, 0.6) is 5.75 Å². The third-order valence-corrected chi connectivity index (χ3v) is 7.31. The van der Waals surface area contributed by atoms with Crippen LogP contribution in [-0.2, 0) is 6.42 Å². The zero-order valence-corrected chi connectivity index (χ0v) is 18.4. The van der Waals surface area contributed by atoms with Crippen molar-refractivity contribution >= 4 is 5.82 Å². The maximum absolute atomic E-state index is 15.4. The highest BCUT2D eigenvalue weighted by molar-refractivity contribution is 5.73. The molecule has 2 saturated heterocycles. The summed E-state index contributed by atoms with van der Waals surface area (Å²) in [5.74, 6) is 0.920. The number of fused-ring (bicyclic) bond motifs is 3. The van der Waals surface area contributed by atoms with Crippen LogP contribution in [0.1, 0.15) is 37.7 Å². The minimum absolute atomic E-state index is 0.0510. The van der Waals surface area contributed by atoms with E-state index in [2.05, 4.69) is 30.6 Å². The lowest BCUT2D eigenvalue weighted by molar-refractivity contribution is 0.104. The average Bonchev–Trinajstić information content (AvgIpc) is 2.86. The zero-order chi connectivity index (χ0) is 22.4. The number of benzene rings is 1. The Morgan fingerprint density at radius 1 is 1.03 bits per heavy atom. The maximum atomic E-state index is 15.4. The Balaban J connectivity index is 1.30. The first-order valence-electron chi connectivity index (χ1n) is 11.8. The van der Waals surface area contributed by atoms with E-state index in [-0.39, 0.29) is 17.8 Å². The van der Waals surface area contributed by atoms with Crippen molar-refractivity contribution in [2.45, 2.75) is 62.8 Å². The van der Waals surface area contributed by atoms with E-state index in [1.807, 2.05) is 30.3 Å². The smallest absolute Gasteiger partial charge is 0.154 e. The van der Waals surface area contributed by atoms with Crippen molar-refractivity contribution in [1.82, 2.24) is 25.7 Å². The Hall–Kier alpha value is -3.13. The van der Waals surface area contributed by atoms with Gasteiger partial charge < -0.3 is 15.3 Å². The molecule has 3 aliphatic heterocycles. The van der Waals surface area contributed by atoms with Gasteiger partial charge in [-0.3, -0.25) is 0 Å². The number of piperidine rings is 2. The van der Waals surface area contributed by atoms with E-state index in [0.717, 1.165) is 62.0 Å². The van der Waals surface area contributed by atoms with Crippen LogP contribution in [0.25, 0.3) is 22.5 Å². The zero-order valence-electron chi connectivity index (χ0n) is 18.4. The summed E-state index contributed by atoms with van der Waals surface area (Å²) in [6, 6.07) is 11.3. The highest BCUT2D eigenvalue weighted by Gasteiger charge is 2.43. The van der Waals surface area contributed by atoms with Gasteiger partial charge >= 0.3 is 0 Å². The summed E-state index contributed by atoms with van der Waals surface area (Å²) in [4.78, 5) is 2.16. The number of nitrogens with zero attached hydrogens (tertiary/aromatic N) is 5. The predicted octanol–water partition coefficient (Wildman–Crippen LogP) is 3.68. The second-order valence-electron chi connectivity index (χ2n) is 9.36. The number of alkyl halides is 1. The topological polar surface area (TPSA) is 87.1 Å². The van der Waals surface area contributed by atoms with Crippen molar-refractivity contribution in [3.63, 3.8) is 0 Å². The average molecular weight is 447 g/mol. The molecular formula is C25H27FN6O. The lowest BCUT2D eigenvalue weighted by Crippen LogP contribution is -2.62. The van der Waals surface area contributed by atoms with Gasteiger partial charge in [0.15, 0.2) is 5.82 Å². The number of nitrogens with one attached hydrogen (secondary N) is 1. The number of aryl methyl sites for hydroxylation is 1. The van der Waals surface area contributed by atoms with Crippen molar-refractivity contribution in [3.05, 3.63) is 48.2 Å². The van der Waals surface area contributed by atoms with Gasteiger partial charge in [-0.15, -0.1) is 10.2 Å². The minimum Gasteiger partial charge on any atom is -0.507 e. The third kappa shape index (κ3) is 3.72. The molecule has 2 aromatic heterocycles. The van der Waals surface area contributed by atoms with Gasteiger partial charge in [-0.1, -0.05) is 12.5 Å². The Morgan fingerprint density at radius 2 is 1.97 bits per heavy atom. The molecule has 3 aromatic rings. The van der Waals surface area contributed by atoms with Crippen LogP contribution in [0, 0.1) is 0 Å². The van der Waals surface area contributed by atoms with Gasteiger partial charge in [0.05, 0.1) is 17.4 Å². The molecule has 2 fully saturated rings. The minimum atomic E-state index is -0.897. The normalized spacial score (nSPS) is 26.6. The molecule has 1 unspecified atom stereocenters. The fraction of sp³-hybridized carbons (Fsp3) is 0.440. The van der Waals surface area contributed by atoms with Gasteiger partial charge in [0.1, 0.15) is 11.9 Å². The van der Waals surface area contributed by atoms with E-state index in [1.165, 1.54) is 0 Å². The number of halogens is 1. The number of aromatic nitrogens is 4. The SMILES string of the molecule is Oc1cc(-c2cccnn2)ccc1-c1cc2c(nn1)N([C@@H]1C[C@H]3CCCC(N3)[C@@H]1F)CCC2. The number of phenols is 1. The summed E-state index contributed by atoms with van der Waals surface area (Å²) in [5, 5.41) is 31.2. The van der Waals surface area contributed by atoms with E-state index in [0.29, 0.717) is 23.0 Å². The molecule has 5 heterocycles. The number of aromatic hydroxyl groups is 1. The van der Waals surface area contributed by atoms with Crippen LogP contribution < -0.4 is 10.2 Å². The second kappa shape index (κ2) is 8.33. The fourth-order valence-corrected chi connectivity index (χ4v) is 5.69. The molecule has 0 radical (unpaired) electrons. The molecule has 6 rings (SSSR count). The second-order valence-corrected chi connectivity index (χ2v) is 9.36. The Labute approximate surface area is 192 Å². The first-order chi connectivity index (χ1) is 16.2. The molecular weight excluding hydrogens is 419 g/mol. The van der Waals surface area contributed by atoms with Crippen LogP contribution >= 0.6 is 0 Å². The summed E-state index contributed by atoms with van der Waals surface area (Å²) in [5.41, 5.74) is 3.79. The fourth-order valence-electron chi connectivity index (χ4n) is 5.69. The Kier molecular flexibility index (Phi) is 5.17. The van der Waals surface area contributed by atoms with Gasteiger partial charge in [0.25, 0.3) is 0 Å². The molecule has 0 spiro atoms. The summed E-state index contributed by atoms with van der Waals surface area (Å²) < 4.78 is 15.4. The molecule has 7 nitrogen and oxygen atoms in total. The molecule has 0 saturated carbocycles. The van der Waals surface area contributed by atoms with Crippen LogP contribution in [0.3, 0.4) is 0 Å². The molecule has 0 amide bonds. The van der Waals surface area contributed by atoms with Crippen LogP contribution in [-0.4, -0.2) is 56.3 Å². The number of rotatable bonds is 3. The highest BCUT2D eigenvalue weighted by atomic mass is 19.1. The van der Waals surface area contributed by atoms with Crippen molar-refractivity contribution in [3.8, 4) is 28.3 Å². The summed E-state index contributed by atoms with van der Waals surface area (Å²) in [7, 11) is 0. The first kappa shape index (κ1) is 20.5. The molecule has 0 aliphatic carbocycles. The lowest BCUT2D eigenvalue weighted by Gasteiger charge is -2.48. The Bertz CT molecular complexity index is 1160. The van der Waals surface area contributed by atoms with Gasteiger partial charge in [-0.25, -0.2) is 4.39 Å². The standard InChI is InChI=1S/C25H27FN6O/c26-24-20-6-1-5-17(28-20)14-22(24)32-11-3-4-16-12-21(30-31-25(16)32)18-9-8-15(13-23(18)33)19-7-2-10-27-29-19/h2,7-10,12-13,17,20,22,24,28,33H,1,3-6,11,14H2/t17-,20?,22-,24+/m1/s1. The highest BCUT2D eigenvalue weighted by Crippen LogP contribution is 2.38. The molecule has 33 heavy (non-hydrogen) atoms. The third-order valence-electron chi connectivity index (χ3n) is 7.31. The van der Waals surface area contributed by atoms with Crippen LogP contribution in [0.15, 0.2) is 42.6 Å². The van der Waals surface area contributed by atoms with Gasteiger partial charge in [-0.05, 0) is 68.0 Å². The largest absolute Gasteiger partial charge is 0.507 e. The first-order valence-corrected chi connectivity index (χ1v) is 11.8. The predicted molar refractivity (Wildman–Crippen MR) is 124 cm³/mol. The van der Waals surface area contributed by atoms with Gasteiger partial charge in [0.2, 0.25) is 0 Å².